The summed E-state index contributed by atoms with van der Waals surface area (Å²) in [6.07, 6.45) is 16.3. The zero-order chi connectivity index (χ0) is 14.2. The number of rotatable bonds is 15. The molecule has 0 aliphatic carbocycles. The van der Waals surface area contributed by atoms with Crippen molar-refractivity contribution in [3.63, 3.8) is 0 Å². The number of hydrogen-bond donors (Lipinski definition) is 0. The van der Waals surface area contributed by atoms with E-state index in [9.17, 15) is 0 Å². The fraction of sp³-hybridized carbons (Fsp3) is 0.944. The fourth-order valence-electron chi connectivity index (χ4n) is 2.55. The molecule has 0 N–H and O–H groups in total. The van der Waals surface area contributed by atoms with Gasteiger partial charge in [-0.2, -0.15) is 0 Å². The van der Waals surface area contributed by atoms with Gasteiger partial charge in [-0.3, -0.25) is 0 Å². The van der Waals surface area contributed by atoms with Gasteiger partial charge >= 0.3 is 0 Å². The van der Waals surface area contributed by atoms with Crippen LogP contribution in [0.15, 0.2) is 0 Å². The first-order chi connectivity index (χ1) is 9.35. The maximum absolute atomic E-state index is 3.93. The molecule has 1 nitrogen and oxygen atoms in total. The van der Waals surface area contributed by atoms with Crippen molar-refractivity contribution in [2.75, 3.05) is 19.6 Å². The second-order valence-corrected chi connectivity index (χ2v) is 5.88. The Bertz CT molecular complexity index is 127. The van der Waals surface area contributed by atoms with E-state index in [0.29, 0.717) is 0 Å². The minimum atomic E-state index is 1.10. The molecular formula is C18H38N. The Morgan fingerprint density at radius 2 is 1.00 bits per heavy atom. The summed E-state index contributed by atoms with van der Waals surface area (Å²) in [6, 6.07) is 0. The second kappa shape index (κ2) is 16.0. The Hall–Kier alpha value is -0.0400. The average Bonchev–Trinajstić information content (AvgIpc) is 2.43. The predicted octanol–water partition coefficient (Wildman–Crippen LogP) is 5.84. The van der Waals surface area contributed by atoms with Gasteiger partial charge in [-0.25, -0.2) is 0 Å². The van der Waals surface area contributed by atoms with E-state index in [1.807, 2.05) is 0 Å². The van der Waals surface area contributed by atoms with Crippen LogP contribution in [0.4, 0.5) is 0 Å². The summed E-state index contributed by atoms with van der Waals surface area (Å²) in [5.41, 5.74) is 0. The molecular weight excluding hydrogens is 230 g/mol. The Morgan fingerprint density at radius 1 is 0.579 bits per heavy atom. The first kappa shape index (κ1) is 19.0. The molecule has 0 rings (SSSR count). The van der Waals surface area contributed by atoms with Crippen LogP contribution in [0, 0.1) is 6.92 Å². The maximum atomic E-state index is 3.93. The Kier molecular flexibility index (Phi) is 16.0. The van der Waals surface area contributed by atoms with Gasteiger partial charge in [0.15, 0.2) is 0 Å². The minimum absolute atomic E-state index is 1.10. The third kappa shape index (κ3) is 14.2. The first-order valence-electron chi connectivity index (χ1n) is 8.86. The van der Waals surface area contributed by atoms with E-state index < -0.39 is 0 Å². The molecule has 0 aliphatic rings. The van der Waals surface area contributed by atoms with Gasteiger partial charge in [0.05, 0.1) is 0 Å². The van der Waals surface area contributed by atoms with Crippen LogP contribution in [-0.4, -0.2) is 24.5 Å². The van der Waals surface area contributed by atoms with Gasteiger partial charge in [0.1, 0.15) is 0 Å². The lowest BCUT2D eigenvalue weighted by molar-refractivity contribution is 0.255. The highest BCUT2D eigenvalue weighted by molar-refractivity contribution is 4.60. The fourth-order valence-corrected chi connectivity index (χ4v) is 2.55. The molecule has 0 amide bonds. The lowest BCUT2D eigenvalue weighted by atomic mass is 10.1. The van der Waals surface area contributed by atoms with E-state index in [2.05, 4.69) is 25.7 Å². The highest BCUT2D eigenvalue weighted by Gasteiger charge is 2.04. The van der Waals surface area contributed by atoms with Gasteiger partial charge in [-0.15, -0.1) is 0 Å². The monoisotopic (exact) mass is 268 g/mol. The molecule has 0 aromatic carbocycles. The summed E-state index contributed by atoms with van der Waals surface area (Å²) < 4.78 is 0. The number of hydrogen-bond acceptors (Lipinski definition) is 1. The van der Waals surface area contributed by atoms with Crippen molar-refractivity contribution in [1.29, 1.82) is 0 Å². The first-order valence-corrected chi connectivity index (χ1v) is 8.86. The molecule has 0 unspecified atom stereocenters. The lowest BCUT2D eigenvalue weighted by Gasteiger charge is -2.22. The quantitative estimate of drug-likeness (QED) is 0.337. The molecule has 0 aromatic heterocycles. The summed E-state index contributed by atoms with van der Waals surface area (Å²) in [5, 5.41) is 0. The Labute approximate surface area is 123 Å². The Balaban J connectivity index is 3.66. The number of nitrogens with zero attached hydrogens (tertiary/aromatic N) is 1. The molecule has 0 heterocycles. The highest BCUT2D eigenvalue weighted by atomic mass is 15.1. The van der Waals surface area contributed by atoms with Gasteiger partial charge in [-0.05, 0) is 38.9 Å². The van der Waals surface area contributed by atoms with Crippen LogP contribution in [0.2, 0.25) is 0 Å². The molecule has 1 radical (unpaired) electrons. The van der Waals surface area contributed by atoms with Crippen molar-refractivity contribution in [1.82, 2.24) is 4.90 Å². The van der Waals surface area contributed by atoms with Crippen LogP contribution in [0.1, 0.15) is 90.9 Å². The molecule has 0 atom stereocenters. The zero-order valence-corrected chi connectivity index (χ0v) is 13.8. The van der Waals surface area contributed by atoms with Crippen molar-refractivity contribution in [3.05, 3.63) is 6.92 Å². The largest absolute Gasteiger partial charge is 0.303 e. The lowest BCUT2D eigenvalue weighted by Crippen LogP contribution is -2.27. The molecule has 0 bridgehead atoms. The van der Waals surface area contributed by atoms with Gasteiger partial charge in [0, 0.05) is 0 Å². The Morgan fingerprint density at radius 3 is 1.37 bits per heavy atom. The van der Waals surface area contributed by atoms with Crippen LogP contribution in [0.25, 0.3) is 0 Å². The standard InChI is InChI=1S/C18H38N/c1-4-7-10-13-16-19(17-14-11-8-5-2)18-15-12-9-6-3/h1,4-18H2,2-3H3. The summed E-state index contributed by atoms with van der Waals surface area (Å²) in [5.74, 6) is 0. The number of unbranched alkanes of at least 4 members (excludes halogenated alkanes) is 9. The smallest absolute Gasteiger partial charge is 0.00187 e. The van der Waals surface area contributed by atoms with Crippen molar-refractivity contribution >= 4 is 0 Å². The summed E-state index contributed by atoms with van der Waals surface area (Å²) in [4.78, 5) is 2.72. The van der Waals surface area contributed by atoms with Crippen LogP contribution in [0.3, 0.4) is 0 Å². The van der Waals surface area contributed by atoms with E-state index >= 15 is 0 Å². The van der Waals surface area contributed by atoms with Crippen molar-refractivity contribution in [2.24, 2.45) is 0 Å². The summed E-state index contributed by atoms with van der Waals surface area (Å²) in [7, 11) is 0. The van der Waals surface area contributed by atoms with Crippen LogP contribution in [0.5, 0.6) is 0 Å². The SMILES string of the molecule is [CH2]CCCCCN(CCCCCC)CCCCCC. The van der Waals surface area contributed by atoms with Gasteiger partial charge in [0.2, 0.25) is 0 Å². The predicted molar refractivity (Wildman–Crippen MR) is 88.5 cm³/mol. The van der Waals surface area contributed by atoms with Gasteiger partial charge < -0.3 is 4.90 Å². The molecule has 0 saturated heterocycles. The average molecular weight is 269 g/mol. The van der Waals surface area contributed by atoms with Crippen LogP contribution < -0.4 is 0 Å². The van der Waals surface area contributed by atoms with Crippen molar-refractivity contribution < 1.29 is 0 Å². The molecule has 0 spiro atoms. The molecule has 0 aromatic rings. The third-order valence-electron chi connectivity index (χ3n) is 3.88. The topological polar surface area (TPSA) is 3.24 Å². The highest BCUT2D eigenvalue weighted by Crippen LogP contribution is 2.07. The van der Waals surface area contributed by atoms with E-state index in [-0.39, 0.29) is 0 Å². The summed E-state index contributed by atoms with van der Waals surface area (Å²) >= 11 is 0. The van der Waals surface area contributed by atoms with E-state index in [1.54, 1.807) is 0 Å². The van der Waals surface area contributed by atoms with E-state index in [1.165, 1.54) is 90.3 Å². The maximum Gasteiger partial charge on any atom is -0.00187 e. The normalized spacial score (nSPS) is 11.4. The molecule has 0 fully saturated rings. The molecule has 1 heteroatoms. The molecule has 19 heavy (non-hydrogen) atoms. The molecule has 0 saturated carbocycles. The molecule has 0 aliphatic heterocycles. The van der Waals surface area contributed by atoms with Gasteiger partial charge in [0.25, 0.3) is 0 Å². The third-order valence-corrected chi connectivity index (χ3v) is 3.88. The molecule has 115 valence electrons. The van der Waals surface area contributed by atoms with Crippen LogP contribution in [-0.2, 0) is 0 Å². The van der Waals surface area contributed by atoms with Crippen LogP contribution >= 0.6 is 0 Å². The van der Waals surface area contributed by atoms with Crippen molar-refractivity contribution in [2.45, 2.75) is 90.9 Å². The zero-order valence-electron chi connectivity index (χ0n) is 13.8. The second-order valence-electron chi connectivity index (χ2n) is 5.88. The van der Waals surface area contributed by atoms with Gasteiger partial charge in [-0.1, -0.05) is 78.6 Å². The van der Waals surface area contributed by atoms with E-state index in [4.69, 9.17) is 0 Å². The minimum Gasteiger partial charge on any atom is -0.303 e. The summed E-state index contributed by atoms with van der Waals surface area (Å²) in [6.45, 7) is 12.5. The van der Waals surface area contributed by atoms with E-state index in [0.717, 1.165) is 6.42 Å². The van der Waals surface area contributed by atoms with Crippen molar-refractivity contribution in [3.8, 4) is 0 Å².